The molecule has 0 radical (unpaired) electrons. The standard InChI is InChI=1S/C25H26N2O5S/c1-2-32-25(29)21-13-15-22(16-14-21)26-24(28)19-27(18-17-20-9-5-3-6-10-20)33(30,31)23-11-7-4-8-12-23/h3-16H,2,17-19H2,1H3,(H,26,28). The first-order valence-corrected chi connectivity index (χ1v) is 12.0. The number of carbonyl (C=O) groups excluding carboxylic acids is 2. The van der Waals surface area contributed by atoms with Gasteiger partial charge in [0.1, 0.15) is 0 Å². The van der Waals surface area contributed by atoms with Crippen molar-refractivity contribution < 1.29 is 22.7 Å². The molecule has 8 heteroatoms. The maximum Gasteiger partial charge on any atom is 0.338 e. The van der Waals surface area contributed by atoms with Crippen molar-refractivity contribution in [3.05, 3.63) is 96.1 Å². The molecular weight excluding hydrogens is 440 g/mol. The number of hydrogen-bond acceptors (Lipinski definition) is 5. The van der Waals surface area contributed by atoms with Crippen molar-refractivity contribution in [1.29, 1.82) is 0 Å². The number of hydrogen-bond donors (Lipinski definition) is 1. The Balaban J connectivity index is 1.73. The van der Waals surface area contributed by atoms with Gasteiger partial charge in [-0.3, -0.25) is 4.79 Å². The van der Waals surface area contributed by atoms with Crippen molar-refractivity contribution in [2.24, 2.45) is 0 Å². The highest BCUT2D eigenvalue weighted by Gasteiger charge is 2.26. The minimum Gasteiger partial charge on any atom is -0.462 e. The number of esters is 1. The van der Waals surface area contributed by atoms with Gasteiger partial charge in [0.2, 0.25) is 15.9 Å². The molecule has 7 nitrogen and oxygen atoms in total. The number of carbonyl (C=O) groups is 2. The molecular formula is C25H26N2O5S. The molecule has 3 rings (SSSR count). The number of nitrogens with zero attached hydrogens (tertiary/aromatic N) is 1. The normalized spacial score (nSPS) is 11.2. The zero-order chi connectivity index (χ0) is 23.7. The van der Waals surface area contributed by atoms with Crippen LogP contribution in [0.2, 0.25) is 0 Å². The van der Waals surface area contributed by atoms with E-state index in [0.717, 1.165) is 5.56 Å². The van der Waals surface area contributed by atoms with Gasteiger partial charge in [0, 0.05) is 12.2 Å². The SMILES string of the molecule is CCOC(=O)c1ccc(NC(=O)CN(CCc2ccccc2)S(=O)(=O)c2ccccc2)cc1. The average Bonchev–Trinajstić information content (AvgIpc) is 2.83. The van der Waals surface area contributed by atoms with Crippen LogP contribution in [0.3, 0.4) is 0 Å². The van der Waals surface area contributed by atoms with Gasteiger partial charge in [0.25, 0.3) is 0 Å². The van der Waals surface area contributed by atoms with Crippen molar-refractivity contribution in [3.8, 4) is 0 Å². The topological polar surface area (TPSA) is 92.8 Å². The summed E-state index contributed by atoms with van der Waals surface area (Å²) in [5, 5.41) is 2.70. The van der Waals surface area contributed by atoms with Crippen molar-refractivity contribution in [3.63, 3.8) is 0 Å². The Kier molecular flexibility index (Phi) is 8.34. The molecule has 172 valence electrons. The molecule has 0 atom stereocenters. The molecule has 3 aromatic carbocycles. The molecule has 0 aliphatic heterocycles. The molecule has 3 aromatic rings. The molecule has 0 aliphatic rings. The van der Waals surface area contributed by atoms with Gasteiger partial charge >= 0.3 is 5.97 Å². The van der Waals surface area contributed by atoms with E-state index in [4.69, 9.17) is 4.74 Å². The fourth-order valence-corrected chi connectivity index (χ4v) is 4.61. The minimum absolute atomic E-state index is 0.129. The Hall–Kier alpha value is -3.49. The largest absolute Gasteiger partial charge is 0.462 e. The number of nitrogens with one attached hydrogen (secondary N) is 1. The van der Waals surface area contributed by atoms with Gasteiger partial charge in [0.05, 0.1) is 23.6 Å². The fourth-order valence-electron chi connectivity index (χ4n) is 3.19. The zero-order valence-electron chi connectivity index (χ0n) is 18.3. The van der Waals surface area contributed by atoms with E-state index in [0.29, 0.717) is 17.7 Å². The van der Waals surface area contributed by atoms with Crippen LogP contribution in [-0.2, 0) is 26.0 Å². The van der Waals surface area contributed by atoms with E-state index in [9.17, 15) is 18.0 Å². The Bertz CT molecular complexity index is 1160. The first kappa shape index (κ1) is 24.2. The van der Waals surface area contributed by atoms with Crippen molar-refractivity contribution in [2.45, 2.75) is 18.2 Å². The van der Waals surface area contributed by atoms with E-state index < -0.39 is 21.9 Å². The van der Waals surface area contributed by atoms with E-state index in [-0.39, 0.29) is 24.6 Å². The predicted octanol–water partition coefficient (Wildman–Crippen LogP) is 3.74. The van der Waals surface area contributed by atoms with Crippen LogP contribution >= 0.6 is 0 Å². The highest BCUT2D eigenvalue weighted by Crippen LogP contribution is 2.17. The van der Waals surface area contributed by atoms with Gasteiger partial charge in [-0.2, -0.15) is 4.31 Å². The quantitative estimate of drug-likeness (QED) is 0.460. The Morgan fingerprint density at radius 3 is 2.09 bits per heavy atom. The Morgan fingerprint density at radius 1 is 0.879 bits per heavy atom. The third kappa shape index (κ3) is 6.74. The summed E-state index contributed by atoms with van der Waals surface area (Å²) >= 11 is 0. The van der Waals surface area contributed by atoms with Crippen LogP contribution in [0.1, 0.15) is 22.8 Å². The molecule has 1 amide bonds. The molecule has 0 fully saturated rings. The maximum atomic E-state index is 13.2. The summed E-state index contributed by atoms with van der Waals surface area (Å²) in [6, 6.07) is 23.8. The third-order valence-corrected chi connectivity index (χ3v) is 6.73. The summed E-state index contributed by atoms with van der Waals surface area (Å²) in [5.74, 6) is -0.928. The highest BCUT2D eigenvalue weighted by molar-refractivity contribution is 7.89. The van der Waals surface area contributed by atoms with Crippen LogP contribution in [0.4, 0.5) is 5.69 Å². The van der Waals surface area contributed by atoms with Crippen LogP contribution in [0.25, 0.3) is 0 Å². The Labute approximate surface area is 194 Å². The molecule has 0 spiro atoms. The van der Waals surface area contributed by atoms with Gasteiger partial charge < -0.3 is 10.1 Å². The summed E-state index contributed by atoms with van der Waals surface area (Å²) in [4.78, 5) is 24.6. The minimum atomic E-state index is -3.87. The number of benzene rings is 3. The lowest BCUT2D eigenvalue weighted by atomic mass is 10.1. The average molecular weight is 467 g/mol. The summed E-state index contributed by atoms with van der Waals surface area (Å²) in [5.41, 5.74) is 1.79. The van der Waals surface area contributed by atoms with Crippen LogP contribution in [0.15, 0.2) is 89.8 Å². The first-order chi connectivity index (χ1) is 15.9. The monoisotopic (exact) mass is 466 g/mol. The van der Waals surface area contributed by atoms with E-state index >= 15 is 0 Å². The summed E-state index contributed by atoms with van der Waals surface area (Å²) in [6.07, 6.45) is 0.467. The molecule has 0 aromatic heterocycles. The summed E-state index contributed by atoms with van der Waals surface area (Å²) < 4.78 is 32.6. The van der Waals surface area contributed by atoms with Crippen molar-refractivity contribution in [1.82, 2.24) is 4.31 Å². The molecule has 0 saturated carbocycles. The number of anilines is 1. The van der Waals surface area contributed by atoms with Crippen LogP contribution in [0.5, 0.6) is 0 Å². The molecule has 0 saturated heterocycles. The molecule has 0 aliphatic carbocycles. The molecule has 0 unspecified atom stereocenters. The second kappa shape index (κ2) is 11.4. The van der Waals surface area contributed by atoms with E-state index in [2.05, 4.69) is 5.32 Å². The van der Waals surface area contributed by atoms with Crippen LogP contribution < -0.4 is 5.32 Å². The lowest BCUT2D eigenvalue weighted by Crippen LogP contribution is -2.39. The predicted molar refractivity (Wildman–Crippen MR) is 126 cm³/mol. The maximum absolute atomic E-state index is 13.2. The van der Waals surface area contributed by atoms with Gasteiger partial charge in [0.15, 0.2) is 0 Å². The first-order valence-electron chi connectivity index (χ1n) is 10.6. The second-order valence-corrected chi connectivity index (χ2v) is 9.17. The number of amides is 1. The van der Waals surface area contributed by atoms with Crippen molar-refractivity contribution in [2.75, 3.05) is 25.0 Å². The molecule has 1 N–H and O–H groups in total. The van der Waals surface area contributed by atoms with Gasteiger partial charge in [-0.25, -0.2) is 13.2 Å². The van der Waals surface area contributed by atoms with Gasteiger partial charge in [-0.05, 0) is 55.3 Å². The summed E-state index contributed by atoms with van der Waals surface area (Å²) in [7, 11) is -3.87. The van der Waals surface area contributed by atoms with E-state index in [1.165, 1.54) is 16.4 Å². The zero-order valence-corrected chi connectivity index (χ0v) is 19.1. The fraction of sp³-hybridized carbons (Fsp3) is 0.200. The second-order valence-electron chi connectivity index (χ2n) is 7.23. The molecule has 0 heterocycles. The number of sulfonamides is 1. The lowest BCUT2D eigenvalue weighted by molar-refractivity contribution is -0.116. The Morgan fingerprint density at radius 2 is 1.48 bits per heavy atom. The van der Waals surface area contributed by atoms with Crippen LogP contribution in [0, 0.1) is 0 Å². The van der Waals surface area contributed by atoms with Gasteiger partial charge in [-0.1, -0.05) is 48.5 Å². The van der Waals surface area contributed by atoms with E-state index in [1.807, 2.05) is 30.3 Å². The number of ether oxygens (including phenoxy) is 1. The highest BCUT2D eigenvalue weighted by atomic mass is 32.2. The van der Waals surface area contributed by atoms with E-state index in [1.54, 1.807) is 49.4 Å². The van der Waals surface area contributed by atoms with Crippen molar-refractivity contribution >= 4 is 27.6 Å². The summed E-state index contributed by atoms with van der Waals surface area (Å²) in [6.45, 7) is 1.80. The van der Waals surface area contributed by atoms with Crippen LogP contribution in [-0.4, -0.2) is 44.3 Å². The lowest BCUT2D eigenvalue weighted by Gasteiger charge is -2.22. The molecule has 0 bridgehead atoms. The third-order valence-electron chi connectivity index (χ3n) is 4.87. The van der Waals surface area contributed by atoms with Gasteiger partial charge in [-0.15, -0.1) is 0 Å². The molecule has 33 heavy (non-hydrogen) atoms. The smallest absolute Gasteiger partial charge is 0.338 e. The number of rotatable bonds is 10.